The Morgan fingerprint density at radius 2 is 1.10 bits per heavy atom. The van der Waals surface area contributed by atoms with Crippen molar-refractivity contribution in [2.24, 2.45) is 0 Å². The van der Waals surface area contributed by atoms with Crippen molar-refractivity contribution in [3.05, 3.63) is 12.3 Å². The topological polar surface area (TPSA) is 9.23 Å². The van der Waals surface area contributed by atoms with Gasteiger partial charge in [-0.25, -0.2) is 0 Å². The average molecular weight is 283 g/mol. The molecule has 0 spiro atoms. The number of rotatable bonds is 16. The fourth-order valence-corrected chi connectivity index (χ4v) is 2.42. The normalized spacial score (nSPS) is 10.7. The van der Waals surface area contributed by atoms with E-state index in [-0.39, 0.29) is 0 Å². The summed E-state index contributed by atoms with van der Waals surface area (Å²) in [6.45, 7) is 9.31. The van der Waals surface area contributed by atoms with E-state index in [2.05, 4.69) is 20.4 Å². The molecule has 0 atom stereocenters. The zero-order valence-corrected chi connectivity index (χ0v) is 14.2. The van der Waals surface area contributed by atoms with Gasteiger partial charge in [-0.2, -0.15) is 0 Å². The molecule has 0 unspecified atom stereocenters. The van der Waals surface area contributed by atoms with Gasteiger partial charge >= 0.3 is 0 Å². The summed E-state index contributed by atoms with van der Waals surface area (Å²) in [6.07, 6.45) is 18.8. The minimum Gasteiger partial charge on any atom is -0.499 e. The molecule has 0 aliphatic rings. The van der Waals surface area contributed by atoms with Crippen molar-refractivity contribution in [2.75, 3.05) is 6.61 Å². The van der Waals surface area contributed by atoms with Gasteiger partial charge in [-0.1, -0.05) is 91.1 Å². The Labute approximate surface area is 128 Å². The van der Waals surface area contributed by atoms with Gasteiger partial charge in [0.2, 0.25) is 0 Å². The van der Waals surface area contributed by atoms with E-state index >= 15 is 0 Å². The summed E-state index contributed by atoms with van der Waals surface area (Å²) in [5, 5.41) is 0. The van der Waals surface area contributed by atoms with Crippen molar-refractivity contribution in [3.63, 3.8) is 0 Å². The van der Waals surface area contributed by atoms with Gasteiger partial charge in [0.05, 0.1) is 12.4 Å². The molecule has 1 heteroatoms. The molecule has 0 amide bonds. The van der Waals surface area contributed by atoms with Gasteiger partial charge in [0.1, 0.15) is 0 Å². The second-order valence-corrected chi connectivity index (χ2v) is 6.03. The van der Waals surface area contributed by atoms with Crippen LogP contribution in [0.3, 0.4) is 0 Å². The predicted molar refractivity (Wildman–Crippen MR) is 91.1 cm³/mol. The molecule has 0 aliphatic heterocycles. The molecule has 0 bridgehead atoms. The van der Waals surface area contributed by atoms with Crippen LogP contribution in [0.2, 0.25) is 0 Å². The Kier molecular flexibility index (Phi) is 16.2. The van der Waals surface area contributed by atoms with Crippen LogP contribution < -0.4 is 0 Å². The van der Waals surface area contributed by atoms with Crippen LogP contribution in [0.4, 0.5) is 0 Å². The Bertz CT molecular complexity index is 198. The summed E-state index contributed by atoms with van der Waals surface area (Å²) in [4.78, 5) is 0. The zero-order chi connectivity index (χ0) is 14.9. The molecule has 0 aromatic carbocycles. The number of unbranched alkanes of at least 4 members (excludes halogenated alkanes) is 11. The van der Waals surface area contributed by atoms with Crippen LogP contribution >= 0.6 is 0 Å². The highest BCUT2D eigenvalue weighted by Crippen LogP contribution is 2.14. The largest absolute Gasteiger partial charge is 0.499 e. The molecule has 0 fully saturated rings. The van der Waals surface area contributed by atoms with E-state index in [1.807, 2.05) is 0 Å². The van der Waals surface area contributed by atoms with E-state index < -0.39 is 0 Å². The van der Waals surface area contributed by atoms with Crippen LogP contribution in [0.15, 0.2) is 12.3 Å². The van der Waals surface area contributed by atoms with Crippen LogP contribution in [-0.4, -0.2) is 6.61 Å². The second-order valence-electron chi connectivity index (χ2n) is 6.03. The minimum absolute atomic E-state index is 0.855. The van der Waals surface area contributed by atoms with Gasteiger partial charge in [0.25, 0.3) is 0 Å². The lowest BCUT2D eigenvalue weighted by molar-refractivity contribution is 0.197. The van der Waals surface area contributed by atoms with Crippen molar-refractivity contribution in [3.8, 4) is 0 Å². The van der Waals surface area contributed by atoms with Gasteiger partial charge < -0.3 is 4.74 Å². The Hall–Kier alpha value is -0.460. The highest BCUT2D eigenvalue weighted by Gasteiger charge is 1.96. The van der Waals surface area contributed by atoms with Gasteiger partial charge in [0, 0.05) is 6.42 Å². The zero-order valence-electron chi connectivity index (χ0n) is 14.2. The average Bonchev–Trinajstić information content (AvgIpc) is 2.45. The highest BCUT2D eigenvalue weighted by molar-refractivity contribution is 4.81. The second kappa shape index (κ2) is 16.6. The molecular formula is C19H38O. The van der Waals surface area contributed by atoms with E-state index in [9.17, 15) is 0 Å². The van der Waals surface area contributed by atoms with Gasteiger partial charge in [-0.3, -0.25) is 0 Å². The predicted octanol–water partition coefficient (Wildman–Crippen LogP) is 7.02. The Morgan fingerprint density at radius 3 is 1.60 bits per heavy atom. The maximum Gasteiger partial charge on any atom is 0.0888 e. The van der Waals surface area contributed by atoms with E-state index in [0.717, 1.165) is 25.2 Å². The third kappa shape index (κ3) is 15.6. The lowest BCUT2D eigenvalue weighted by Gasteiger charge is -2.08. The fraction of sp³-hybridized carbons (Fsp3) is 0.895. The van der Waals surface area contributed by atoms with Crippen molar-refractivity contribution >= 4 is 0 Å². The molecule has 1 nitrogen and oxygen atoms in total. The van der Waals surface area contributed by atoms with Gasteiger partial charge in [0.15, 0.2) is 0 Å². The number of hydrogen-bond donors (Lipinski definition) is 0. The molecule has 120 valence electrons. The van der Waals surface area contributed by atoms with Crippen LogP contribution in [0, 0.1) is 0 Å². The minimum atomic E-state index is 0.855. The molecule has 0 rings (SSSR count). The summed E-state index contributed by atoms with van der Waals surface area (Å²) < 4.78 is 5.58. The highest BCUT2D eigenvalue weighted by atomic mass is 16.5. The van der Waals surface area contributed by atoms with Crippen LogP contribution in [0.1, 0.15) is 104 Å². The van der Waals surface area contributed by atoms with E-state index in [4.69, 9.17) is 4.74 Å². The third-order valence-electron chi connectivity index (χ3n) is 3.86. The molecular weight excluding hydrogens is 244 g/mol. The summed E-state index contributed by atoms with van der Waals surface area (Å²) in [5.74, 6) is 0.995. The molecule has 0 aliphatic carbocycles. The van der Waals surface area contributed by atoms with E-state index in [1.54, 1.807) is 0 Å². The maximum absolute atomic E-state index is 5.58. The van der Waals surface area contributed by atoms with Gasteiger partial charge in [-0.15, -0.1) is 0 Å². The summed E-state index contributed by atoms with van der Waals surface area (Å²) in [7, 11) is 0. The molecule has 0 saturated carbocycles. The van der Waals surface area contributed by atoms with Crippen molar-refractivity contribution in [1.82, 2.24) is 0 Å². The quantitative estimate of drug-likeness (QED) is 0.218. The molecule has 0 aromatic rings. The molecule has 0 radical (unpaired) electrons. The monoisotopic (exact) mass is 282 g/mol. The Morgan fingerprint density at radius 1 is 0.650 bits per heavy atom. The molecule has 0 heterocycles. The third-order valence-corrected chi connectivity index (χ3v) is 3.86. The number of ether oxygens (including phenoxy) is 1. The van der Waals surface area contributed by atoms with E-state index in [1.165, 1.54) is 77.0 Å². The fourth-order valence-electron chi connectivity index (χ4n) is 2.42. The first-order valence-electron chi connectivity index (χ1n) is 9.11. The molecule has 0 aromatic heterocycles. The van der Waals surface area contributed by atoms with Crippen molar-refractivity contribution in [1.29, 1.82) is 0 Å². The SMILES string of the molecule is C=C(CCCCCCCCCCCCC)OCCCC. The van der Waals surface area contributed by atoms with Gasteiger partial charge in [-0.05, 0) is 12.8 Å². The first-order valence-corrected chi connectivity index (χ1v) is 9.11. The first-order chi connectivity index (χ1) is 9.81. The number of allylic oxidation sites excluding steroid dienone is 1. The van der Waals surface area contributed by atoms with Crippen molar-refractivity contribution < 1.29 is 4.74 Å². The van der Waals surface area contributed by atoms with E-state index in [0.29, 0.717) is 0 Å². The van der Waals surface area contributed by atoms with Crippen LogP contribution in [0.25, 0.3) is 0 Å². The summed E-state index contributed by atoms with van der Waals surface area (Å²) in [5.41, 5.74) is 0. The lowest BCUT2D eigenvalue weighted by atomic mass is 10.1. The standard InChI is InChI=1S/C19H38O/c1-4-6-8-9-10-11-12-13-14-15-16-17-19(3)20-18-7-5-2/h3-18H2,1-2H3. The Balaban J connectivity index is 3.07. The lowest BCUT2D eigenvalue weighted by Crippen LogP contribution is -1.93. The first kappa shape index (κ1) is 19.5. The smallest absolute Gasteiger partial charge is 0.0888 e. The molecule has 20 heavy (non-hydrogen) atoms. The molecule has 0 N–H and O–H groups in total. The van der Waals surface area contributed by atoms with Crippen LogP contribution in [0.5, 0.6) is 0 Å². The van der Waals surface area contributed by atoms with Crippen LogP contribution in [-0.2, 0) is 4.74 Å². The number of hydrogen-bond acceptors (Lipinski definition) is 1. The summed E-state index contributed by atoms with van der Waals surface area (Å²) in [6, 6.07) is 0. The van der Waals surface area contributed by atoms with Crippen molar-refractivity contribution in [2.45, 2.75) is 104 Å². The maximum atomic E-state index is 5.58. The summed E-state index contributed by atoms with van der Waals surface area (Å²) >= 11 is 0. The molecule has 0 saturated heterocycles.